The molecule has 1 aromatic heterocycles. The first-order chi connectivity index (χ1) is 26.6. The van der Waals surface area contributed by atoms with Crippen LogP contribution in [0.5, 0.6) is 0 Å². The number of amides is 4. The van der Waals surface area contributed by atoms with Crippen LogP contribution in [-0.4, -0.2) is 94.9 Å². The zero-order valence-electron chi connectivity index (χ0n) is 32.0. The quantitative estimate of drug-likeness (QED) is 0.214. The minimum Gasteiger partial charge on any atom is -0.453 e. The highest BCUT2D eigenvalue weighted by atomic mass is 16.5. The van der Waals surface area contributed by atoms with Crippen molar-refractivity contribution in [1.29, 1.82) is 0 Å². The molecule has 55 heavy (non-hydrogen) atoms. The molecule has 2 aromatic carbocycles. The number of aliphatic imine (C=N–C) groups is 1. The summed E-state index contributed by atoms with van der Waals surface area (Å²) in [6.45, 7) is 5.16. The number of benzene rings is 2. The third-order valence-corrected chi connectivity index (χ3v) is 11.6. The average molecular weight is 750 g/mol. The summed E-state index contributed by atoms with van der Waals surface area (Å²) in [7, 11) is 2.65. The van der Waals surface area contributed by atoms with Crippen molar-refractivity contribution in [3.8, 4) is 22.4 Å². The van der Waals surface area contributed by atoms with Crippen molar-refractivity contribution in [1.82, 2.24) is 30.4 Å². The van der Waals surface area contributed by atoms with E-state index in [2.05, 4.69) is 69.1 Å². The van der Waals surface area contributed by atoms with Crippen molar-refractivity contribution in [3.05, 3.63) is 72.3 Å². The number of hydrogen-bond acceptors (Lipinski definition) is 8. The summed E-state index contributed by atoms with van der Waals surface area (Å²) in [6.07, 6.45) is 9.16. The number of allylic oxidation sites excluding steroid dienone is 1. The Hall–Kier alpha value is -5.46. The van der Waals surface area contributed by atoms with Crippen LogP contribution in [0.4, 0.5) is 9.59 Å². The summed E-state index contributed by atoms with van der Waals surface area (Å²) in [5.74, 6) is 0.595. The molecule has 0 spiro atoms. The molecule has 1 aliphatic carbocycles. The molecule has 13 nitrogen and oxygen atoms in total. The number of nitrogens with one attached hydrogen (secondary N) is 3. The van der Waals surface area contributed by atoms with E-state index >= 15 is 0 Å². The molecule has 1 saturated carbocycles. The molecule has 13 heteroatoms. The Kier molecular flexibility index (Phi) is 11.4. The van der Waals surface area contributed by atoms with Crippen molar-refractivity contribution in [3.63, 3.8) is 0 Å². The Balaban J connectivity index is 0.946. The molecule has 5 atom stereocenters. The number of likely N-dealkylation sites (tertiary alicyclic amines) is 2. The predicted molar refractivity (Wildman–Crippen MR) is 209 cm³/mol. The maximum atomic E-state index is 13.6. The third kappa shape index (κ3) is 8.16. The lowest BCUT2D eigenvalue weighted by Gasteiger charge is -2.30. The van der Waals surface area contributed by atoms with Gasteiger partial charge in [-0.1, -0.05) is 62.4 Å². The van der Waals surface area contributed by atoms with Gasteiger partial charge < -0.3 is 34.9 Å². The van der Waals surface area contributed by atoms with Crippen LogP contribution >= 0.6 is 0 Å². The van der Waals surface area contributed by atoms with E-state index in [1.165, 1.54) is 14.2 Å². The van der Waals surface area contributed by atoms with Gasteiger partial charge in [0.25, 0.3) is 0 Å². The summed E-state index contributed by atoms with van der Waals surface area (Å²) in [5, 5.41) is 5.55. The highest BCUT2D eigenvalue weighted by molar-refractivity contribution is 6.03. The second kappa shape index (κ2) is 16.5. The number of carbonyl (C=O) groups excluding carboxylic acids is 4. The minimum absolute atomic E-state index is 0.0183. The molecule has 4 aliphatic rings. The molecule has 0 radical (unpaired) electrons. The number of ether oxygens (including phenoxy) is 2. The Morgan fingerprint density at radius 2 is 1.44 bits per heavy atom. The zero-order valence-corrected chi connectivity index (χ0v) is 32.0. The lowest BCUT2D eigenvalue weighted by molar-refractivity contribution is -0.136. The van der Waals surface area contributed by atoms with Crippen LogP contribution in [0.3, 0.4) is 0 Å². The second-order valence-electron chi connectivity index (χ2n) is 15.4. The number of hydrogen-bond donors (Lipinski definition) is 3. The number of aromatic amines is 1. The molecule has 0 bridgehead atoms. The summed E-state index contributed by atoms with van der Waals surface area (Å²) in [5.41, 5.74) is 7.38. The largest absolute Gasteiger partial charge is 0.453 e. The fourth-order valence-corrected chi connectivity index (χ4v) is 8.57. The fraction of sp³-hybridized carbons (Fsp3) is 0.476. The minimum atomic E-state index is -0.680. The van der Waals surface area contributed by atoms with E-state index < -0.39 is 18.2 Å². The van der Waals surface area contributed by atoms with E-state index in [4.69, 9.17) is 14.5 Å². The van der Waals surface area contributed by atoms with Gasteiger partial charge in [-0.25, -0.2) is 14.6 Å². The SMILES string of the molecule is COC(=O)N[C@H]1CCC(C(=O)N2CCC[C@H]2C2=NC=C(c3ccc(-c4ccc(-c5cnc([C@@H]6CCCN6C(=O)[C@@H](NC(=O)OC)C(C)C)[nH]5)cc4)cc3)C2)C1. The molecule has 3 fully saturated rings. The average Bonchev–Trinajstić information content (AvgIpc) is 4.05. The van der Waals surface area contributed by atoms with Crippen LogP contribution in [0.15, 0.2) is 65.9 Å². The zero-order chi connectivity index (χ0) is 38.6. The number of rotatable bonds is 10. The topological polar surface area (TPSA) is 158 Å². The number of methoxy groups -OCH3 is 2. The van der Waals surface area contributed by atoms with Crippen molar-refractivity contribution in [2.45, 2.75) is 89.4 Å². The Labute approximate surface area is 322 Å². The Bertz CT molecular complexity index is 1950. The smallest absolute Gasteiger partial charge is 0.407 e. The van der Waals surface area contributed by atoms with Crippen LogP contribution in [0, 0.1) is 11.8 Å². The van der Waals surface area contributed by atoms with Gasteiger partial charge in [0.15, 0.2) is 0 Å². The van der Waals surface area contributed by atoms with E-state index in [9.17, 15) is 19.2 Å². The summed E-state index contributed by atoms with van der Waals surface area (Å²) in [4.78, 5) is 67.5. The van der Waals surface area contributed by atoms with Gasteiger partial charge in [-0.2, -0.15) is 0 Å². The molecule has 3 aliphatic heterocycles. The third-order valence-electron chi connectivity index (χ3n) is 11.6. The van der Waals surface area contributed by atoms with Gasteiger partial charge in [0, 0.05) is 43.4 Å². The monoisotopic (exact) mass is 749 g/mol. The number of carbonyl (C=O) groups is 4. The molecular formula is C42H51N7O6. The highest BCUT2D eigenvalue weighted by Crippen LogP contribution is 2.36. The number of nitrogens with zero attached hydrogens (tertiary/aromatic N) is 4. The molecule has 1 unspecified atom stereocenters. The van der Waals surface area contributed by atoms with Crippen molar-refractivity contribution in [2.75, 3.05) is 27.3 Å². The van der Waals surface area contributed by atoms with Gasteiger partial charge in [-0.05, 0) is 78.7 Å². The lowest BCUT2D eigenvalue weighted by Crippen LogP contribution is -2.51. The van der Waals surface area contributed by atoms with Crippen LogP contribution < -0.4 is 10.6 Å². The number of aromatic nitrogens is 2. The molecular weight excluding hydrogens is 699 g/mol. The Morgan fingerprint density at radius 1 is 0.800 bits per heavy atom. The fourth-order valence-electron chi connectivity index (χ4n) is 8.57. The molecule has 4 heterocycles. The van der Waals surface area contributed by atoms with E-state index in [0.717, 1.165) is 96.5 Å². The van der Waals surface area contributed by atoms with E-state index in [1.54, 1.807) is 0 Å². The predicted octanol–water partition coefficient (Wildman–Crippen LogP) is 6.49. The Morgan fingerprint density at radius 3 is 2.11 bits per heavy atom. The molecule has 7 rings (SSSR count). The maximum Gasteiger partial charge on any atom is 0.407 e. The van der Waals surface area contributed by atoms with Gasteiger partial charge in [-0.15, -0.1) is 0 Å². The molecule has 4 amide bonds. The highest BCUT2D eigenvalue weighted by Gasteiger charge is 2.40. The number of H-pyrrole nitrogens is 1. The van der Waals surface area contributed by atoms with Crippen LogP contribution in [0.2, 0.25) is 0 Å². The van der Waals surface area contributed by atoms with E-state index in [-0.39, 0.29) is 41.8 Å². The standard InChI is InChI=1S/C42H51N7O6/c1-25(2)37(47-42(53)55-4)40(51)49-20-6-8-36(49)38-44-24-34(46-38)29-15-13-27(14-16-29)26-9-11-28(12-10-26)31-22-33(43-23-31)35-7-5-19-48(35)39(50)30-17-18-32(21-30)45-41(52)54-3/h9-16,23-25,30,32,35-37H,5-8,17-22H2,1-4H3,(H,44,46)(H,45,52)(H,47,53)/t30?,32-,35-,36-,37-/m0/s1. The van der Waals surface area contributed by atoms with Crippen LogP contribution in [0.1, 0.15) is 82.6 Å². The van der Waals surface area contributed by atoms with Crippen LogP contribution in [0.25, 0.3) is 28.0 Å². The van der Waals surface area contributed by atoms with Gasteiger partial charge in [0.05, 0.1) is 38.2 Å². The van der Waals surface area contributed by atoms with Crippen molar-refractivity contribution in [2.24, 2.45) is 16.8 Å². The summed E-state index contributed by atoms with van der Waals surface area (Å²) in [6, 6.07) is 16.0. The lowest BCUT2D eigenvalue weighted by atomic mass is 9.96. The van der Waals surface area contributed by atoms with Crippen LogP contribution in [-0.2, 0) is 19.1 Å². The molecule has 3 aromatic rings. The normalized spacial score (nSPS) is 22.7. The second-order valence-corrected chi connectivity index (χ2v) is 15.4. The first kappa shape index (κ1) is 37.8. The first-order valence-electron chi connectivity index (χ1n) is 19.4. The van der Waals surface area contributed by atoms with Gasteiger partial charge in [0.2, 0.25) is 11.8 Å². The van der Waals surface area contributed by atoms with Crippen molar-refractivity contribution >= 4 is 35.3 Å². The van der Waals surface area contributed by atoms with E-state index in [1.807, 2.05) is 36.0 Å². The molecule has 2 saturated heterocycles. The van der Waals surface area contributed by atoms with Gasteiger partial charge >= 0.3 is 12.2 Å². The number of imidazole rings is 1. The summed E-state index contributed by atoms with van der Waals surface area (Å²) < 4.78 is 9.50. The maximum absolute atomic E-state index is 13.6. The first-order valence-corrected chi connectivity index (χ1v) is 19.4. The van der Waals surface area contributed by atoms with E-state index in [0.29, 0.717) is 13.0 Å². The molecule has 290 valence electrons. The molecule has 3 N–H and O–H groups in total. The van der Waals surface area contributed by atoms with Gasteiger partial charge in [-0.3, -0.25) is 14.6 Å². The van der Waals surface area contributed by atoms with Gasteiger partial charge in [0.1, 0.15) is 11.9 Å². The summed E-state index contributed by atoms with van der Waals surface area (Å²) >= 11 is 0. The van der Waals surface area contributed by atoms with Crippen molar-refractivity contribution < 1.29 is 28.7 Å². The number of alkyl carbamates (subject to hydrolysis) is 2.